The van der Waals surface area contributed by atoms with E-state index >= 15 is 0 Å². The topological polar surface area (TPSA) is 150 Å². The van der Waals surface area contributed by atoms with E-state index in [0.29, 0.717) is 22.2 Å². The molecule has 0 saturated heterocycles. The summed E-state index contributed by atoms with van der Waals surface area (Å²) < 4.78 is 11.1. The van der Waals surface area contributed by atoms with Gasteiger partial charge in [0.25, 0.3) is 5.91 Å². The smallest absolute Gasteiger partial charge is 0.293 e. The van der Waals surface area contributed by atoms with Crippen molar-refractivity contribution in [2.75, 3.05) is 5.73 Å². The Hall–Kier alpha value is -3.64. The van der Waals surface area contributed by atoms with Crippen LogP contribution in [0.25, 0.3) is 5.82 Å². The molecule has 0 atom stereocenters. The van der Waals surface area contributed by atoms with Crippen molar-refractivity contribution in [1.82, 2.24) is 30.7 Å². The number of furan rings is 1. The largest absolute Gasteiger partial charge is 0.463 e. The van der Waals surface area contributed by atoms with Gasteiger partial charge in [-0.15, -0.1) is 16.9 Å². The van der Waals surface area contributed by atoms with Gasteiger partial charge in [-0.2, -0.15) is 9.78 Å². The van der Waals surface area contributed by atoms with E-state index in [-0.39, 0.29) is 17.3 Å². The molecule has 0 aliphatic heterocycles. The van der Waals surface area contributed by atoms with E-state index in [1.165, 1.54) is 28.9 Å². The third-order valence-electron chi connectivity index (χ3n) is 3.76. The molecule has 0 bridgehead atoms. The quantitative estimate of drug-likeness (QED) is 0.249. The second kappa shape index (κ2) is 8.80. The van der Waals surface area contributed by atoms with Crippen molar-refractivity contribution in [3.05, 3.63) is 64.8 Å². The van der Waals surface area contributed by atoms with Crippen LogP contribution in [-0.4, -0.2) is 37.4 Å². The number of carbonyl (C=O) groups excluding carboxylic acids is 1. The van der Waals surface area contributed by atoms with Crippen LogP contribution in [0.15, 0.2) is 61.7 Å². The first kappa shape index (κ1) is 19.7. The highest BCUT2D eigenvalue weighted by molar-refractivity contribution is 7.98. The van der Waals surface area contributed by atoms with Gasteiger partial charge in [-0.25, -0.2) is 10.1 Å². The van der Waals surface area contributed by atoms with Crippen LogP contribution in [0.2, 0.25) is 5.02 Å². The third kappa shape index (κ3) is 4.34. The fourth-order valence-electron chi connectivity index (χ4n) is 2.37. The molecule has 1 amide bonds. The van der Waals surface area contributed by atoms with Gasteiger partial charge in [0.05, 0.1) is 18.2 Å². The van der Waals surface area contributed by atoms with E-state index < -0.39 is 5.91 Å². The van der Waals surface area contributed by atoms with Crippen molar-refractivity contribution in [2.45, 2.75) is 10.6 Å². The van der Waals surface area contributed by atoms with E-state index in [1.54, 1.807) is 24.3 Å². The van der Waals surface area contributed by atoms with Crippen LogP contribution in [-0.2, 0) is 5.75 Å². The van der Waals surface area contributed by atoms with E-state index in [4.69, 9.17) is 21.8 Å². The summed E-state index contributed by atoms with van der Waals surface area (Å²) in [5, 5.41) is 19.7. The summed E-state index contributed by atoms with van der Waals surface area (Å²) in [5.41, 5.74) is 8.65. The first-order chi connectivity index (χ1) is 14.6. The number of hydrazone groups is 1. The number of amides is 1. The average Bonchev–Trinajstić information content (AvgIpc) is 3.48. The van der Waals surface area contributed by atoms with Crippen LogP contribution in [0.3, 0.4) is 0 Å². The Morgan fingerprint density at radius 2 is 2.13 bits per heavy atom. The van der Waals surface area contributed by atoms with Gasteiger partial charge in [-0.3, -0.25) is 4.79 Å². The van der Waals surface area contributed by atoms with Gasteiger partial charge < -0.3 is 10.2 Å². The van der Waals surface area contributed by atoms with Crippen molar-refractivity contribution < 1.29 is 13.8 Å². The molecule has 13 heteroatoms. The summed E-state index contributed by atoms with van der Waals surface area (Å²) in [5.74, 6) is 0.392. The molecule has 1 aromatic carbocycles. The Labute approximate surface area is 178 Å². The highest BCUT2D eigenvalue weighted by Gasteiger charge is 2.24. The molecule has 3 N–H and O–H groups in total. The number of aromatic nitrogens is 5. The van der Waals surface area contributed by atoms with Crippen LogP contribution >= 0.6 is 23.4 Å². The number of rotatable bonds is 7. The summed E-state index contributed by atoms with van der Waals surface area (Å²) in [6.07, 6.45) is 2.86. The van der Waals surface area contributed by atoms with Gasteiger partial charge in [0, 0.05) is 15.7 Å². The normalized spacial score (nSPS) is 11.2. The van der Waals surface area contributed by atoms with E-state index in [1.807, 2.05) is 12.1 Å². The molecule has 11 nitrogen and oxygen atoms in total. The Morgan fingerprint density at radius 1 is 1.30 bits per heavy atom. The predicted molar refractivity (Wildman–Crippen MR) is 108 cm³/mol. The van der Waals surface area contributed by atoms with Gasteiger partial charge in [0.1, 0.15) is 5.76 Å². The number of nitrogens with one attached hydrogen (secondary N) is 1. The Morgan fingerprint density at radius 3 is 2.83 bits per heavy atom. The minimum Gasteiger partial charge on any atom is -0.463 e. The molecule has 0 fully saturated rings. The molecular weight excluding hydrogens is 432 g/mol. The Bertz CT molecular complexity index is 1170. The number of nitrogens with zero attached hydrogens (tertiary/aromatic N) is 6. The number of thioether (sulfide) groups is 1. The molecule has 0 aliphatic rings. The molecule has 0 aliphatic carbocycles. The average molecular weight is 445 g/mol. The molecule has 3 heterocycles. The van der Waals surface area contributed by atoms with Gasteiger partial charge in [0.2, 0.25) is 11.6 Å². The molecule has 0 saturated carbocycles. The molecule has 0 radical (unpaired) electrons. The minimum atomic E-state index is -0.564. The summed E-state index contributed by atoms with van der Waals surface area (Å²) >= 11 is 7.37. The summed E-state index contributed by atoms with van der Waals surface area (Å²) in [7, 11) is 0. The number of hydrogen-bond acceptors (Lipinski definition) is 10. The van der Waals surface area contributed by atoms with Crippen molar-refractivity contribution in [3.8, 4) is 5.82 Å². The lowest BCUT2D eigenvalue weighted by molar-refractivity contribution is 0.0949. The molecule has 30 heavy (non-hydrogen) atoms. The zero-order chi connectivity index (χ0) is 20.9. The summed E-state index contributed by atoms with van der Waals surface area (Å²) in [6.45, 7) is 0. The second-order valence-electron chi connectivity index (χ2n) is 5.73. The zero-order valence-electron chi connectivity index (χ0n) is 15.1. The molecule has 152 valence electrons. The number of anilines is 1. The number of nitrogens with two attached hydrogens (primary N) is 1. The monoisotopic (exact) mass is 444 g/mol. The van der Waals surface area contributed by atoms with Crippen LogP contribution in [0.5, 0.6) is 0 Å². The maximum absolute atomic E-state index is 12.6. The lowest BCUT2D eigenvalue weighted by Gasteiger charge is -2.06. The first-order valence-corrected chi connectivity index (χ1v) is 9.76. The van der Waals surface area contributed by atoms with Crippen LogP contribution in [0.1, 0.15) is 21.9 Å². The number of carbonyl (C=O) groups is 1. The van der Waals surface area contributed by atoms with Crippen molar-refractivity contribution in [1.29, 1.82) is 0 Å². The maximum Gasteiger partial charge on any atom is 0.293 e. The highest BCUT2D eigenvalue weighted by atomic mass is 35.5. The van der Waals surface area contributed by atoms with E-state index in [2.05, 4.69) is 35.8 Å². The fourth-order valence-corrected chi connectivity index (χ4v) is 3.39. The van der Waals surface area contributed by atoms with Crippen molar-refractivity contribution in [3.63, 3.8) is 0 Å². The van der Waals surface area contributed by atoms with Crippen LogP contribution in [0, 0.1) is 0 Å². The molecular formula is C17H13ClN8O3S. The Balaban J connectivity index is 1.59. The first-order valence-electron chi connectivity index (χ1n) is 8.40. The van der Waals surface area contributed by atoms with Crippen LogP contribution in [0.4, 0.5) is 5.82 Å². The SMILES string of the molecule is Nc1nonc1-n1nnc(C(=O)N/N=C\c2ccco2)c1CSc1ccc(Cl)cc1. The Kier molecular flexibility index (Phi) is 5.77. The van der Waals surface area contributed by atoms with E-state index in [0.717, 1.165) is 4.90 Å². The van der Waals surface area contributed by atoms with Crippen LogP contribution < -0.4 is 11.2 Å². The third-order valence-corrected chi connectivity index (χ3v) is 5.04. The van der Waals surface area contributed by atoms with Crippen molar-refractivity contribution >= 4 is 41.3 Å². The number of benzene rings is 1. The molecule has 3 aromatic heterocycles. The lowest BCUT2D eigenvalue weighted by Crippen LogP contribution is -2.20. The minimum absolute atomic E-state index is 0.0143. The predicted octanol–water partition coefficient (Wildman–Crippen LogP) is 2.54. The summed E-state index contributed by atoms with van der Waals surface area (Å²) in [4.78, 5) is 13.6. The van der Waals surface area contributed by atoms with Crippen molar-refractivity contribution in [2.24, 2.45) is 5.10 Å². The fraction of sp³-hybridized carbons (Fsp3) is 0.0588. The standard InChI is InChI=1S/C17H13ClN8O3S/c18-10-3-5-12(6-4-10)30-9-13-14(17(27)22-20-8-11-2-1-7-28-11)21-25-26(13)16-15(19)23-29-24-16/h1-8H,9H2,(H2,19,23)(H,22,27)/b20-8-. The number of halogens is 1. The lowest BCUT2D eigenvalue weighted by atomic mass is 10.3. The maximum atomic E-state index is 12.6. The molecule has 0 unspecified atom stereocenters. The molecule has 4 rings (SSSR count). The summed E-state index contributed by atoms with van der Waals surface area (Å²) in [6, 6.07) is 10.7. The highest BCUT2D eigenvalue weighted by Crippen LogP contribution is 2.27. The number of hydrogen-bond donors (Lipinski definition) is 2. The second-order valence-corrected chi connectivity index (χ2v) is 7.21. The zero-order valence-corrected chi connectivity index (χ0v) is 16.7. The molecule has 0 spiro atoms. The van der Waals surface area contributed by atoms with E-state index in [9.17, 15) is 4.79 Å². The number of nitrogen functional groups attached to an aromatic ring is 1. The molecule has 4 aromatic rings. The van der Waals surface area contributed by atoms with Gasteiger partial charge >= 0.3 is 0 Å². The van der Waals surface area contributed by atoms with Gasteiger partial charge in [-0.1, -0.05) is 16.8 Å². The van der Waals surface area contributed by atoms with Gasteiger partial charge in [-0.05, 0) is 46.7 Å². The van der Waals surface area contributed by atoms with Gasteiger partial charge in [0.15, 0.2) is 5.69 Å².